The summed E-state index contributed by atoms with van der Waals surface area (Å²) in [7, 11) is 0. The highest BCUT2D eigenvalue weighted by atomic mass is 35.5. The Balaban J connectivity index is 1.66. The highest BCUT2D eigenvalue weighted by molar-refractivity contribution is 6.30. The van der Waals surface area contributed by atoms with E-state index in [1.807, 2.05) is 0 Å². The summed E-state index contributed by atoms with van der Waals surface area (Å²) in [4.78, 5) is 23.7. The second-order valence-corrected chi connectivity index (χ2v) is 5.51. The van der Waals surface area contributed by atoms with Crippen molar-refractivity contribution in [1.82, 2.24) is 16.0 Å². The molecule has 6 heteroatoms. The number of benzene rings is 1. The molecule has 2 amide bonds. The van der Waals surface area contributed by atoms with E-state index in [9.17, 15) is 9.59 Å². The van der Waals surface area contributed by atoms with Crippen molar-refractivity contribution >= 4 is 23.4 Å². The van der Waals surface area contributed by atoms with Gasteiger partial charge in [0.1, 0.15) is 0 Å². The molecule has 0 atom stereocenters. The van der Waals surface area contributed by atoms with Gasteiger partial charge in [0.25, 0.3) is 5.91 Å². The Morgan fingerprint density at radius 2 is 1.71 bits per heavy atom. The fraction of sp³-hybridized carbons (Fsp3) is 0.467. The third-order valence-electron chi connectivity index (χ3n) is 3.53. The van der Waals surface area contributed by atoms with Crippen LogP contribution in [0.5, 0.6) is 0 Å². The number of rotatable bonds is 5. The quantitative estimate of drug-likeness (QED) is 0.716. The van der Waals surface area contributed by atoms with Crippen LogP contribution in [0.4, 0.5) is 0 Å². The zero-order valence-electron chi connectivity index (χ0n) is 11.8. The van der Waals surface area contributed by atoms with Crippen molar-refractivity contribution in [2.45, 2.75) is 12.8 Å². The maximum absolute atomic E-state index is 11.9. The lowest BCUT2D eigenvalue weighted by atomic mass is 9.97. The van der Waals surface area contributed by atoms with E-state index in [0.29, 0.717) is 23.7 Å². The molecule has 0 saturated carbocycles. The van der Waals surface area contributed by atoms with E-state index in [-0.39, 0.29) is 17.7 Å². The number of hydrogen-bond acceptors (Lipinski definition) is 3. The average Bonchev–Trinajstić information content (AvgIpc) is 2.52. The molecule has 0 radical (unpaired) electrons. The Kier molecular flexibility index (Phi) is 6.02. The number of carbonyl (C=O) groups is 2. The molecule has 1 aliphatic rings. The van der Waals surface area contributed by atoms with Gasteiger partial charge in [-0.2, -0.15) is 0 Å². The first-order chi connectivity index (χ1) is 10.2. The minimum Gasteiger partial charge on any atom is -0.354 e. The SMILES string of the molecule is O=C(NCCNC(=O)C1CCNCC1)c1ccc(Cl)cc1. The largest absolute Gasteiger partial charge is 0.354 e. The van der Waals surface area contributed by atoms with Crippen LogP contribution in [0.25, 0.3) is 0 Å². The van der Waals surface area contributed by atoms with E-state index < -0.39 is 0 Å². The zero-order valence-corrected chi connectivity index (χ0v) is 12.6. The van der Waals surface area contributed by atoms with Crippen molar-refractivity contribution in [1.29, 1.82) is 0 Å². The van der Waals surface area contributed by atoms with Crippen molar-refractivity contribution in [3.05, 3.63) is 34.9 Å². The van der Waals surface area contributed by atoms with Crippen molar-refractivity contribution in [3.63, 3.8) is 0 Å². The van der Waals surface area contributed by atoms with E-state index in [0.717, 1.165) is 25.9 Å². The highest BCUT2D eigenvalue weighted by Crippen LogP contribution is 2.11. The van der Waals surface area contributed by atoms with Gasteiger partial charge < -0.3 is 16.0 Å². The molecule has 114 valence electrons. The number of hydrogen-bond donors (Lipinski definition) is 3. The van der Waals surface area contributed by atoms with E-state index in [4.69, 9.17) is 11.6 Å². The molecule has 1 aromatic rings. The third-order valence-corrected chi connectivity index (χ3v) is 3.78. The molecule has 2 rings (SSSR count). The molecule has 1 saturated heterocycles. The Labute approximate surface area is 129 Å². The second kappa shape index (κ2) is 8.00. The van der Waals surface area contributed by atoms with Crippen molar-refractivity contribution in [2.24, 2.45) is 5.92 Å². The van der Waals surface area contributed by atoms with Crippen LogP contribution in [-0.4, -0.2) is 38.0 Å². The van der Waals surface area contributed by atoms with Crippen LogP contribution >= 0.6 is 11.6 Å². The summed E-state index contributed by atoms with van der Waals surface area (Å²) in [6, 6.07) is 6.70. The standard InChI is InChI=1S/C15H20ClN3O2/c16-13-3-1-11(2-4-13)14(20)18-9-10-19-15(21)12-5-7-17-8-6-12/h1-4,12,17H,5-10H2,(H,18,20)(H,19,21). The predicted octanol–water partition coefficient (Wildman–Crippen LogP) is 1.19. The fourth-order valence-electron chi connectivity index (χ4n) is 2.29. The van der Waals surface area contributed by atoms with Gasteiger partial charge >= 0.3 is 0 Å². The molecule has 0 spiro atoms. The number of carbonyl (C=O) groups excluding carboxylic acids is 2. The lowest BCUT2D eigenvalue weighted by Gasteiger charge is -2.21. The van der Waals surface area contributed by atoms with Crippen LogP contribution in [0.1, 0.15) is 23.2 Å². The van der Waals surface area contributed by atoms with Crippen molar-refractivity contribution < 1.29 is 9.59 Å². The van der Waals surface area contributed by atoms with Gasteiger partial charge in [-0.15, -0.1) is 0 Å². The first kappa shape index (κ1) is 15.8. The summed E-state index contributed by atoms with van der Waals surface area (Å²) in [5, 5.41) is 9.46. The predicted molar refractivity (Wildman–Crippen MR) is 82.4 cm³/mol. The molecule has 0 unspecified atom stereocenters. The summed E-state index contributed by atoms with van der Waals surface area (Å²) < 4.78 is 0. The molecule has 1 fully saturated rings. The summed E-state index contributed by atoms with van der Waals surface area (Å²) in [6.07, 6.45) is 1.76. The molecular weight excluding hydrogens is 290 g/mol. The molecule has 0 bridgehead atoms. The normalized spacial score (nSPS) is 15.5. The molecule has 5 nitrogen and oxygen atoms in total. The molecule has 0 aliphatic carbocycles. The summed E-state index contributed by atoms with van der Waals surface area (Å²) in [6.45, 7) is 2.65. The van der Waals surface area contributed by atoms with Crippen LogP contribution in [-0.2, 0) is 4.79 Å². The Morgan fingerprint density at radius 3 is 2.38 bits per heavy atom. The maximum Gasteiger partial charge on any atom is 0.251 e. The Morgan fingerprint density at radius 1 is 1.10 bits per heavy atom. The lowest BCUT2D eigenvalue weighted by Crippen LogP contribution is -2.41. The van der Waals surface area contributed by atoms with Crippen molar-refractivity contribution in [3.8, 4) is 0 Å². The molecule has 21 heavy (non-hydrogen) atoms. The van der Waals surface area contributed by atoms with Gasteiger partial charge in [0.15, 0.2) is 0 Å². The number of halogens is 1. The number of nitrogens with one attached hydrogen (secondary N) is 3. The van der Waals surface area contributed by atoms with E-state index in [1.54, 1.807) is 24.3 Å². The first-order valence-corrected chi connectivity index (χ1v) is 7.57. The van der Waals surface area contributed by atoms with Gasteiger partial charge in [0.2, 0.25) is 5.91 Å². The van der Waals surface area contributed by atoms with Gasteiger partial charge in [-0.1, -0.05) is 11.6 Å². The van der Waals surface area contributed by atoms with Gasteiger partial charge in [0.05, 0.1) is 0 Å². The highest BCUT2D eigenvalue weighted by Gasteiger charge is 2.20. The molecule has 3 N–H and O–H groups in total. The smallest absolute Gasteiger partial charge is 0.251 e. The maximum atomic E-state index is 11.9. The van der Waals surface area contributed by atoms with Gasteiger partial charge in [0, 0.05) is 29.6 Å². The van der Waals surface area contributed by atoms with E-state index in [1.165, 1.54) is 0 Å². The van der Waals surface area contributed by atoms with Crippen LogP contribution in [0, 0.1) is 5.92 Å². The molecular formula is C15H20ClN3O2. The van der Waals surface area contributed by atoms with Gasteiger partial charge in [-0.25, -0.2) is 0 Å². The summed E-state index contributed by atoms with van der Waals surface area (Å²) >= 11 is 5.77. The number of amides is 2. The monoisotopic (exact) mass is 309 g/mol. The van der Waals surface area contributed by atoms with Crippen LogP contribution in [0.15, 0.2) is 24.3 Å². The third kappa shape index (κ3) is 5.02. The minimum absolute atomic E-state index is 0.0808. The Hall–Kier alpha value is -1.59. The average molecular weight is 310 g/mol. The summed E-state index contributed by atoms with van der Waals surface area (Å²) in [5.74, 6) is 0.0123. The van der Waals surface area contributed by atoms with Crippen LogP contribution < -0.4 is 16.0 Å². The van der Waals surface area contributed by atoms with Crippen molar-refractivity contribution in [2.75, 3.05) is 26.2 Å². The van der Waals surface area contributed by atoms with E-state index >= 15 is 0 Å². The number of piperidine rings is 1. The molecule has 1 aromatic carbocycles. The van der Waals surface area contributed by atoms with Crippen LogP contribution in [0.3, 0.4) is 0 Å². The molecule has 1 heterocycles. The summed E-state index contributed by atoms with van der Waals surface area (Å²) in [5.41, 5.74) is 0.559. The zero-order chi connectivity index (χ0) is 15.1. The lowest BCUT2D eigenvalue weighted by molar-refractivity contribution is -0.125. The minimum atomic E-state index is -0.164. The fourth-order valence-corrected chi connectivity index (χ4v) is 2.42. The molecule has 1 aliphatic heterocycles. The van der Waals surface area contributed by atoms with Gasteiger partial charge in [-0.3, -0.25) is 9.59 Å². The topological polar surface area (TPSA) is 70.2 Å². The first-order valence-electron chi connectivity index (χ1n) is 7.19. The Bertz CT molecular complexity index is 484. The molecule has 0 aromatic heterocycles. The van der Waals surface area contributed by atoms with E-state index in [2.05, 4.69) is 16.0 Å². The van der Waals surface area contributed by atoms with Gasteiger partial charge in [-0.05, 0) is 50.2 Å². The second-order valence-electron chi connectivity index (χ2n) is 5.08. The van der Waals surface area contributed by atoms with Crippen LogP contribution in [0.2, 0.25) is 5.02 Å².